The van der Waals surface area contributed by atoms with Crippen molar-refractivity contribution in [2.24, 2.45) is 0 Å². The van der Waals surface area contributed by atoms with Crippen molar-refractivity contribution in [1.29, 1.82) is 0 Å². The molecule has 0 aromatic heterocycles. The van der Waals surface area contributed by atoms with Crippen LogP contribution in [0, 0.1) is 0 Å². The van der Waals surface area contributed by atoms with Crippen LogP contribution < -0.4 is 9.47 Å². The average molecular weight is 292 g/mol. The Hall–Kier alpha value is -2.01. The van der Waals surface area contributed by atoms with E-state index in [0.29, 0.717) is 17.3 Å². The van der Waals surface area contributed by atoms with Crippen molar-refractivity contribution in [3.63, 3.8) is 0 Å². The molecule has 0 amide bonds. The summed E-state index contributed by atoms with van der Waals surface area (Å²) in [7, 11) is -1.55. The molecule has 0 atom stereocenters. The number of hydrogen-bond acceptors (Lipinski definition) is 4. The van der Waals surface area contributed by atoms with Gasteiger partial charge in [-0.05, 0) is 29.8 Å². The van der Waals surface area contributed by atoms with E-state index < -0.39 is 9.84 Å². The Morgan fingerprint density at radius 2 is 1.65 bits per heavy atom. The third-order valence-electron chi connectivity index (χ3n) is 2.80. The maximum atomic E-state index is 11.3. The lowest BCUT2D eigenvalue weighted by molar-refractivity contribution is 0.303. The Labute approximate surface area is 118 Å². The van der Waals surface area contributed by atoms with Gasteiger partial charge in [0, 0.05) is 12.3 Å². The average Bonchev–Trinajstić information content (AvgIpc) is 2.45. The first-order valence-corrected chi connectivity index (χ1v) is 7.94. The minimum atomic E-state index is -3.15. The van der Waals surface area contributed by atoms with Gasteiger partial charge in [-0.1, -0.05) is 18.2 Å². The lowest BCUT2D eigenvalue weighted by Crippen LogP contribution is -1.99. The standard InChI is InChI=1S/C15H16O4S/c1-18-13-4-3-5-14(10-13)19-11-12-6-8-15(9-7-12)20(2,16)17/h3-10H,11H2,1-2H3. The molecule has 5 heteroatoms. The molecule has 106 valence electrons. The Kier molecular flexibility index (Phi) is 4.29. The van der Waals surface area contributed by atoms with E-state index in [9.17, 15) is 8.42 Å². The van der Waals surface area contributed by atoms with Crippen LogP contribution >= 0.6 is 0 Å². The fourth-order valence-corrected chi connectivity index (χ4v) is 2.32. The number of methoxy groups -OCH3 is 1. The first kappa shape index (κ1) is 14.4. The van der Waals surface area contributed by atoms with E-state index in [2.05, 4.69) is 0 Å². The fourth-order valence-electron chi connectivity index (χ4n) is 1.69. The quantitative estimate of drug-likeness (QED) is 0.850. The topological polar surface area (TPSA) is 52.6 Å². The van der Waals surface area contributed by atoms with Crippen molar-refractivity contribution in [3.05, 3.63) is 54.1 Å². The van der Waals surface area contributed by atoms with E-state index in [1.807, 2.05) is 18.2 Å². The fraction of sp³-hybridized carbons (Fsp3) is 0.200. The van der Waals surface area contributed by atoms with Crippen LogP contribution in [0.15, 0.2) is 53.4 Å². The monoisotopic (exact) mass is 292 g/mol. The largest absolute Gasteiger partial charge is 0.497 e. The summed E-state index contributed by atoms with van der Waals surface area (Å²) in [6.45, 7) is 0.372. The van der Waals surface area contributed by atoms with Crippen molar-refractivity contribution in [2.75, 3.05) is 13.4 Å². The molecule has 0 saturated carbocycles. The van der Waals surface area contributed by atoms with Gasteiger partial charge in [0.25, 0.3) is 0 Å². The Morgan fingerprint density at radius 1 is 1.00 bits per heavy atom. The summed E-state index contributed by atoms with van der Waals surface area (Å²) in [5.41, 5.74) is 0.903. The molecule has 2 aromatic carbocycles. The van der Waals surface area contributed by atoms with E-state index in [0.717, 1.165) is 11.3 Å². The van der Waals surface area contributed by atoms with Crippen molar-refractivity contribution < 1.29 is 17.9 Å². The molecule has 0 bridgehead atoms. The predicted octanol–water partition coefficient (Wildman–Crippen LogP) is 2.68. The number of benzene rings is 2. The summed E-state index contributed by atoms with van der Waals surface area (Å²) < 4.78 is 33.4. The molecule has 0 aliphatic heterocycles. The van der Waals surface area contributed by atoms with Crippen LogP contribution in [0.2, 0.25) is 0 Å². The van der Waals surface area contributed by atoms with Gasteiger partial charge >= 0.3 is 0 Å². The summed E-state index contributed by atoms with van der Waals surface area (Å²) in [5, 5.41) is 0. The number of rotatable bonds is 5. The van der Waals surface area contributed by atoms with Crippen LogP contribution in [-0.4, -0.2) is 21.8 Å². The molecule has 0 spiro atoms. The summed E-state index contributed by atoms with van der Waals surface area (Å²) >= 11 is 0. The molecule has 20 heavy (non-hydrogen) atoms. The van der Waals surface area contributed by atoms with Gasteiger partial charge in [0.05, 0.1) is 12.0 Å². The number of ether oxygens (including phenoxy) is 2. The summed E-state index contributed by atoms with van der Waals surface area (Å²) in [6, 6.07) is 14.0. The summed E-state index contributed by atoms with van der Waals surface area (Å²) in [5.74, 6) is 1.44. The third-order valence-corrected chi connectivity index (χ3v) is 3.93. The van der Waals surface area contributed by atoms with Gasteiger partial charge in [-0.15, -0.1) is 0 Å². The van der Waals surface area contributed by atoms with Gasteiger partial charge in [-0.25, -0.2) is 8.42 Å². The molecule has 0 unspecified atom stereocenters. The van der Waals surface area contributed by atoms with Crippen LogP contribution in [0.5, 0.6) is 11.5 Å². The zero-order valence-electron chi connectivity index (χ0n) is 11.4. The van der Waals surface area contributed by atoms with Crippen molar-refractivity contribution in [1.82, 2.24) is 0 Å². The highest BCUT2D eigenvalue weighted by Gasteiger charge is 2.06. The highest BCUT2D eigenvalue weighted by molar-refractivity contribution is 7.90. The maximum absolute atomic E-state index is 11.3. The minimum Gasteiger partial charge on any atom is -0.497 e. The highest BCUT2D eigenvalue weighted by atomic mass is 32.2. The Morgan fingerprint density at radius 3 is 2.25 bits per heavy atom. The Bertz CT molecular complexity index is 675. The first-order valence-electron chi connectivity index (χ1n) is 6.05. The highest BCUT2D eigenvalue weighted by Crippen LogP contribution is 2.20. The molecule has 0 fully saturated rings. The molecule has 0 aliphatic carbocycles. The molecule has 0 radical (unpaired) electrons. The van der Waals surface area contributed by atoms with Crippen molar-refractivity contribution >= 4 is 9.84 Å². The van der Waals surface area contributed by atoms with Gasteiger partial charge in [0.15, 0.2) is 9.84 Å². The lowest BCUT2D eigenvalue weighted by atomic mass is 10.2. The summed E-state index contributed by atoms with van der Waals surface area (Å²) in [6.07, 6.45) is 1.19. The predicted molar refractivity (Wildman–Crippen MR) is 76.9 cm³/mol. The van der Waals surface area contributed by atoms with Crippen molar-refractivity contribution in [2.45, 2.75) is 11.5 Å². The van der Waals surface area contributed by atoms with E-state index in [1.54, 1.807) is 37.4 Å². The van der Waals surface area contributed by atoms with E-state index in [1.165, 1.54) is 6.26 Å². The van der Waals surface area contributed by atoms with Gasteiger partial charge in [0.1, 0.15) is 18.1 Å². The number of hydrogen-bond donors (Lipinski definition) is 0. The molecule has 0 saturated heterocycles. The molecular weight excluding hydrogens is 276 g/mol. The zero-order valence-corrected chi connectivity index (χ0v) is 12.2. The maximum Gasteiger partial charge on any atom is 0.175 e. The second-order valence-electron chi connectivity index (χ2n) is 4.38. The molecule has 0 heterocycles. The van der Waals surface area contributed by atoms with E-state index in [-0.39, 0.29) is 0 Å². The van der Waals surface area contributed by atoms with Gasteiger partial charge < -0.3 is 9.47 Å². The van der Waals surface area contributed by atoms with Crippen molar-refractivity contribution in [3.8, 4) is 11.5 Å². The van der Waals surface area contributed by atoms with Crippen LogP contribution in [0.25, 0.3) is 0 Å². The second kappa shape index (κ2) is 5.96. The van der Waals surface area contributed by atoms with E-state index >= 15 is 0 Å². The van der Waals surface area contributed by atoms with Gasteiger partial charge in [-0.3, -0.25) is 0 Å². The van der Waals surface area contributed by atoms with Crippen LogP contribution in [-0.2, 0) is 16.4 Å². The molecule has 0 N–H and O–H groups in total. The Balaban J connectivity index is 2.04. The molecule has 4 nitrogen and oxygen atoms in total. The smallest absolute Gasteiger partial charge is 0.175 e. The lowest BCUT2D eigenvalue weighted by Gasteiger charge is -2.08. The van der Waals surface area contributed by atoms with Gasteiger partial charge in [0.2, 0.25) is 0 Å². The first-order chi connectivity index (χ1) is 9.49. The van der Waals surface area contributed by atoms with Crippen LogP contribution in [0.3, 0.4) is 0 Å². The second-order valence-corrected chi connectivity index (χ2v) is 6.40. The van der Waals surface area contributed by atoms with Crippen LogP contribution in [0.4, 0.5) is 0 Å². The van der Waals surface area contributed by atoms with Gasteiger partial charge in [-0.2, -0.15) is 0 Å². The molecule has 0 aliphatic rings. The molecular formula is C15H16O4S. The number of sulfone groups is 1. The van der Waals surface area contributed by atoms with E-state index in [4.69, 9.17) is 9.47 Å². The minimum absolute atomic E-state index is 0.308. The van der Waals surface area contributed by atoms with Crippen LogP contribution in [0.1, 0.15) is 5.56 Å². The molecule has 2 rings (SSSR count). The zero-order chi connectivity index (χ0) is 14.6. The SMILES string of the molecule is COc1cccc(OCc2ccc(S(C)(=O)=O)cc2)c1. The summed E-state index contributed by atoms with van der Waals surface area (Å²) in [4.78, 5) is 0.308. The normalized spacial score (nSPS) is 11.1. The third kappa shape index (κ3) is 3.74. The molecule has 2 aromatic rings.